The Labute approximate surface area is 141 Å². The van der Waals surface area contributed by atoms with Gasteiger partial charge in [-0.25, -0.2) is 9.37 Å². The topological polar surface area (TPSA) is 41.1 Å². The summed E-state index contributed by atoms with van der Waals surface area (Å²) in [5.74, 6) is 0.790. The van der Waals surface area contributed by atoms with Gasteiger partial charge in [-0.3, -0.25) is 0 Å². The van der Waals surface area contributed by atoms with Crippen molar-refractivity contribution in [1.82, 2.24) is 9.97 Å². The molecule has 0 spiro atoms. The molecule has 0 saturated carbocycles. The first-order chi connectivity index (χ1) is 11.7. The molecule has 0 aliphatic heterocycles. The van der Waals surface area contributed by atoms with Crippen molar-refractivity contribution in [2.75, 3.05) is 16.8 Å². The van der Waals surface area contributed by atoms with E-state index >= 15 is 0 Å². The van der Waals surface area contributed by atoms with E-state index in [4.69, 9.17) is 0 Å². The van der Waals surface area contributed by atoms with Crippen molar-refractivity contribution >= 4 is 23.1 Å². The van der Waals surface area contributed by atoms with Crippen LogP contribution < -0.4 is 10.2 Å². The third-order valence-electron chi connectivity index (χ3n) is 3.67. The second-order valence-corrected chi connectivity index (χ2v) is 5.43. The van der Waals surface area contributed by atoms with E-state index in [1.54, 1.807) is 24.4 Å². The molecular weight excluding hydrogens is 303 g/mol. The average molecular weight is 322 g/mol. The Morgan fingerprint density at radius 1 is 1.08 bits per heavy atom. The first kappa shape index (κ1) is 15.9. The molecule has 0 amide bonds. The van der Waals surface area contributed by atoms with Crippen LogP contribution in [0, 0.1) is 12.7 Å². The van der Waals surface area contributed by atoms with Crippen LogP contribution in [0.15, 0.2) is 60.8 Å². The first-order valence-electron chi connectivity index (χ1n) is 7.86. The molecule has 0 radical (unpaired) electrons. The van der Waals surface area contributed by atoms with E-state index in [1.165, 1.54) is 11.6 Å². The van der Waals surface area contributed by atoms with Crippen LogP contribution in [0.2, 0.25) is 0 Å². The zero-order chi connectivity index (χ0) is 16.9. The Morgan fingerprint density at radius 3 is 2.67 bits per heavy atom. The molecule has 0 aliphatic rings. The minimum Gasteiger partial charge on any atom is -0.326 e. The van der Waals surface area contributed by atoms with E-state index in [9.17, 15) is 4.39 Å². The van der Waals surface area contributed by atoms with Crippen molar-refractivity contribution in [3.63, 3.8) is 0 Å². The molecule has 1 aromatic heterocycles. The molecule has 24 heavy (non-hydrogen) atoms. The van der Waals surface area contributed by atoms with Crippen molar-refractivity contribution in [3.8, 4) is 0 Å². The second kappa shape index (κ2) is 7.08. The van der Waals surface area contributed by atoms with Crippen LogP contribution >= 0.6 is 0 Å². The highest BCUT2D eigenvalue weighted by atomic mass is 19.1. The van der Waals surface area contributed by atoms with Gasteiger partial charge in [0.15, 0.2) is 0 Å². The quantitative estimate of drug-likeness (QED) is 0.731. The van der Waals surface area contributed by atoms with E-state index in [0.717, 1.165) is 18.1 Å². The molecular formula is C19H19FN4. The fourth-order valence-electron chi connectivity index (χ4n) is 2.52. The van der Waals surface area contributed by atoms with Gasteiger partial charge in [0.2, 0.25) is 5.95 Å². The van der Waals surface area contributed by atoms with E-state index in [0.29, 0.717) is 11.6 Å². The number of aryl methyl sites for hydroxylation is 1. The third kappa shape index (κ3) is 3.51. The minimum absolute atomic E-state index is 0.336. The maximum absolute atomic E-state index is 13.8. The summed E-state index contributed by atoms with van der Waals surface area (Å²) < 4.78 is 13.8. The molecule has 3 aromatic rings. The lowest BCUT2D eigenvalue weighted by molar-refractivity contribution is 0.631. The molecule has 4 nitrogen and oxygen atoms in total. The molecule has 0 saturated heterocycles. The number of rotatable bonds is 5. The number of hydrogen-bond acceptors (Lipinski definition) is 4. The lowest BCUT2D eigenvalue weighted by atomic mass is 10.2. The summed E-state index contributed by atoms with van der Waals surface area (Å²) in [4.78, 5) is 10.8. The highest BCUT2D eigenvalue weighted by Gasteiger charge is 2.11. The van der Waals surface area contributed by atoms with Crippen molar-refractivity contribution in [2.24, 2.45) is 0 Å². The van der Waals surface area contributed by atoms with Gasteiger partial charge >= 0.3 is 0 Å². The molecule has 122 valence electrons. The molecule has 5 heteroatoms. The summed E-state index contributed by atoms with van der Waals surface area (Å²) in [7, 11) is 0. The van der Waals surface area contributed by atoms with Crippen LogP contribution in [0.3, 0.4) is 0 Å². The summed E-state index contributed by atoms with van der Waals surface area (Å²) in [6, 6.07) is 16.5. The summed E-state index contributed by atoms with van der Waals surface area (Å²) in [5, 5.41) is 2.93. The van der Waals surface area contributed by atoms with Crippen molar-refractivity contribution in [3.05, 3.63) is 72.2 Å². The lowest BCUT2D eigenvalue weighted by Crippen LogP contribution is -2.18. The number of benzene rings is 2. The van der Waals surface area contributed by atoms with Gasteiger partial charge in [-0.05, 0) is 49.7 Å². The molecule has 0 fully saturated rings. The predicted octanol–water partition coefficient (Wildman–Crippen LogP) is 4.83. The zero-order valence-electron chi connectivity index (χ0n) is 13.7. The van der Waals surface area contributed by atoms with Crippen LogP contribution in [0.25, 0.3) is 0 Å². The fourth-order valence-corrected chi connectivity index (χ4v) is 2.52. The van der Waals surface area contributed by atoms with Crippen molar-refractivity contribution in [1.29, 1.82) is 0 Å². The maximum Gasteiger partial charge on any atom is 0.229 e. The normalized spacial score (nSPS) is 10.5. The molecule has 0 atom stereocenters. The number of para-hydroxylation sites is 1. The second-order valence-electron chi connectivity index (χ2n) is 5.43. The van der Waals surface area contributed by atoms with Crippen molar-refractivity contribution in [2.45, 2.75) is 13.8 Å². The molecule has 0 aliphatic carbocycles. The number of halogens is 1. The van der Waals surface area contributed by atoms with Gasteiger partial charge < -0.3 is 10.2 Å². The van der Waals surface area contributed by atoms with Crippen LogP contribution in [0.5, 0.6) is 0 Å². The third-order valence-corrected chi connectivity index (χ3v) is 3.67. The van der Waals surface area contributed by atoms with Crippen molar-refractivity contribution < 1.29 is 4.39 Å². The van der Waals surface area contributed by atoms with E-state index in [1.807, 2.05) is 18.2 Å². The van der Waals surface area contributed by atoms with Gasteiger partial charge in [-0.2, -0.15) is 4.98 Å². The Hall–Kier alpha value is -2.95. The zero-order valence-corrected chi connectivity index (χ0v) is 13.7. The number of aromatic nitrogens is 2. The molecule has 0 unspecified atom stereocenters. The van der Waals surface area contributed by atoms with E-state index in [-0.39, 0.29) is 5.82 Å². The number of anilines is 4. The van der Waals surface area contributed by atoms with E-state index < -0.39 is 0 Å². The van der Waals surface area contributed by atoms with Crippen LogP contribution in [0.4, 0.5) is 27.5 Å². The number of hydrogen-bond donors (Lipinski definition) is 1. The Morgan fingerprint density at radius 2 is 1.92 bits per heavy atom. The molecule has 2 aromatic carbocycles. The first-order valence-corrected chi connectivity index (χ1v) is 7.86. The molecule has 1 N–H and O–H groups in total. The molecule has 0 bridgehead atoms. The number of nitrogens with zero attached hydrogens (tertiary/aromatic N) is 3. The standard InChI is InChI=1S/C19H19FN4/c1-3-24(15-8-6-7-14(2)13-15)18-11-12-21-19(23-18)22-17-10-5-4-9-16(17)20/h4-13H,3H2,1-2H3,(H,21,22,23). The minimum atomic E-state index is -0.336. The van der Waals surface area contributed by atoms with Gasteiger partial charge in [0, 0.05) is 18.4 Å². The molecule has 3 rings (SSSR count). The summed E-state index contributed by atoms with van der Waals surface area (Å²) in [6.45, 7) is 4.89. The van der Waals surface area contributed by atoms with Crippen LogP contribution in [-0.2, 0) is 0 Å². The fraction of sp³-hybridized carbons (Fsp3) is 0.158. The summed E-state index contributed by atoms with van der Waals surface area (Å²) >= 11 is 0. The smallest absolute Gasteiger partial charge is 0.229 e. The largest absolute Gasteiger partial charge is 0.326 e. The SMILES string of the molecule is CCN(c1cccc(C)c1)c1ccnc(Nc2ccccc2F)n1. The monoisotopic (exact) mass is 322 g/mol. The maximum atomic E-state index is 13.8. The van der Waals surface area contributed by atoms with Gasteiger partial charge in [0.25, 0.3) is 0 Å². The van der Waals surface area contributed by atoms with Gasteiger partial charge in [0.05, 0.1) is 5.69 Å². The van der Waals surface area contributed by atoms with Crippen LogP contribution in [-0.4, -0.2) is 16.5 Å². The predicted molar refractivity (Wildman–Crippen MR) is 95.6 cm³/mol. The Balaban J connectivity index is 1.90. The van der Waals surface area contributed by atoms with Gasteiger partial charge in [0.1, 0.15) is 11.6 Å². The summed E-state index contributed by atoms with van der Waals surface area (Å²) in [6.07, 6.45) is 1.67. The average Bonchev–Trinajstić information content (AvgIpc) is 2.58. The van der Waals surface area contributed by atoms with Gasteiger partial charge in [-0.1, -0.05) is 24.3 Å². The summed E-state index contributed by atoms with van der Waals surface area (Å²) in [5.41, 5.74) is 2.60. The Bertz CT molecular complexity index is 835. The van der Waals surface area contributed by atoms with Crippen LogP contribution in [0.1, 0.15) is 12.5 Å². The molecule has 1 heterocycles. The highest BCUT2D eigenvalue weighted by Crippen LogP contribution is 2.25. The number of nitrogens with one attached hydrogen (secondary N) is 1. The Kier molecular flexibility index (Phi) is 4.70. The lowest BCUT2D eigenvalue weighted by Gasteiger charge is -2.22. The van der Waals surface area contributed by atoms with Gasteiger partial charge in [-0.15, -0.1) is 0 Å². The highest BCUT2D eigenvalue weighted by molar-refractivity contribution is 5.62. The van der Waals surface area contributed by atoms with E-state index in [2.05, 4.69) is 46.2 Å².